The van der Waals surface area contributed by atoms with Crippen LogP contribution in [0.4, 0.5) is 4.79 Å². The Labute approximate surface area is 125 Å². The molecule has 5 heteroatoms. The number of nitrogens with one attached hydrogen (secondary N) is 1. The predicted molar refractivity (Wildman–Crippen MR) is 80.0 cm³/mol. The van der Waals surface area contributed by atoms with Gasteiger partial charge in [0.25, 0.3) is 0 Å². The van der Waals surface area contributed by atoms with Crippen molar-refractivity contribution in [1.29, 1.82) is 0 Å². The normalized spacial score (nSPS) is 10.6. The highest BCUT2D eigenvalue weighted by Crippen LogP contribution is 2.20. The second kappa shape index (κ2) is 7.55. The Morgan fingerprint density at radius 2 is 2.14 bits per heavy atom. The highest BCUT2D eigenvalue weighted by molar-refractivity contribution is 5.67. The van der Waals surface area contributed by atoms with Gasteiger partial charge in [-0.05, 0) is 32.9 Å². The minimum absolute atomic E-state index is 0.0980. The fourth-order valence-corrected chi connectivity index (χ4v) is 1.56. The van der Waals surface area contributed by atoms with E-state index in [9.17, 15) is 4.79 Å². The van der Waals surface area contributed by atoms with Crippen LogP contribution >= 0.6 is 0 Å². The second-order valence-electron chi connectivity index (χ2n) is 5.39. The van der Waals surface area contributed by atoms with Crippen LogP contribution in [0.3, 0.4) is 0 Å². The van der Waals surface area contributed by atoms with Crippen molar-refractivity contribution in [3.05, 3.63) is 29.3 Å². The van der Waals surface area contributed by atoms with Crippen molar-refractivity contribution in [2.24, 2.45) is 0 Å². The fraction of sp³-hybridized carbons (Fsp3) is 0.438. The molecule has 0 aliphatic heterocycles. The van der Waals surface area contributed by atoms with E-state index in [0.717, 1.165) is 5.56 Å². The third-order valence-corrected chi connectivity index (χ3v) is 2.40. The van der Waals surface area contributed by atoms with Crippen LogP contribution in [0.25, 0.3) is 0 Å². The molecule has 0 radical (unpaired) electrons. The zero-order valence-corrected chi connectivity index (χ0v) is 12.6. The van der Waals surface area contributed by atoms with Gasteiger partial charge < -0.3 is 19.9 Å². The SMILES string of the molecule is C#Cc1ccc(CNC(=O)OC(C)(C)C)c(OCCO)c1. The van der Waals surface area contributed by atoms with Gasteiger partial charge in [-0.3, -0.25) is 0 Å². The van der Waals surface area contributed by atoms with Crippen LogP contribution in [-0.4, -0.2) is 30.0 Å². The Bertz CT molecular complexity index is 526. The zero-order valence-electron chi connectivity index (χ0n) is 12.6. The van der Waals surface area contributed by atoms with Gasteiger partial charge in [0, 0.05) is 17.7 Å². The topological polar surface area (TPSA) is 67.8 Å². The number of hydrogen-bond acceptors (Lipinski definition) is 4. The number of amides is 1. The number of terminal acetylenes is 1. The standard InChI is InChI=1S/C16H21NO4/c1-5-12-6-7-13(14(10-12)20-9-8-18)11-17-15(19)21-16(2,3)4/h1,6-7,10,18H,8-9,11H2,2-4H3,(H,17,19). The Hall–Kier alpha value is -2.19. The quantitative estimate of drug-likeness (QED) is 0.815. The van der Waals surface area contributed by atoms with Crippen LogP contribution < -0.4 is 10.1 Å². The minimum atomic E-state index is -0.548. The summed E-state index contributed by atoms with van der Waals surface area (Å²) < 4.78 is 10.6. The molecule has 0 aliphatic carbocycles. The van der Waals surface area contributed by atoms with E-state index in [1.807, 2.05) is 0 Å². The van der Waals surface area contributed by atoms with E-state index in [-0.39, 0.29) is 19.8 Å². The van der Waals surface area contributed by atoms with Crippen molar-refractivity contribution in [3.8, 4) is 18.1 Å². The molecule has 0 unspecified atom stereocenters. The van der Waals surface area contributed by atoms with E-state index in [1.165, 1.54) is 0 Å². The molecule has 2 N–H and O–H groups in total. The Morgan fingerprint density at radius 3 is 2.71 bits per heavy atom. The molecule has 0 atom stereocenters. The molecule has 0 aliphatic rings. The lowest BCUT2D eigenvalue weighted by molar-refractivity contribution is 0.0523. The van der Waals surface area contributed by atoms with E-state index in [0.29, 0.717) is 11.3 Å². The van der Waals surface area contributed by atoms with Crippen LogP contribution in [-0.2, 0) is 11.3 Å². The number of carbonyl (C=O) groups excluding carboxylic acids is 1. The van der Waals surface area contributed by atoms with Gasteiger partial charge in [0.05, 0.1) is 6.61 Å². The highest BCUT2D eigenvalue weighted by Gasteiger charge is 2.16. The number of hydrogen-bond donors (Lipinski definition) is 2. The molecule has 1 aromatic rings. The molecular formula is C16H21NO4. The third-order valence-electron chi connectivity index (χ3n) is 2.40. The van der Waals surface area contributed by atoms with E-state index in [2.05, 4.69) is 11.2 Å². The van der Waals surface area contributed by atoms with Crippen molar-refractivity contribution in [2.45, 2.75) is 32.9 Å². The number of aliphatic hydroxyl groups is 1. The molecule has 0 aromatic heterocycles. The van der Waals surface area contributed by atoms with Gasteiger partial charge in [-0.2, -0.15) is 0 Å². The first kappa shape index (κ1) is 16.9. The molecule has 0 bridgehead atoms. The van der Waals surface area contributed by atoms with Gasteiger partial charge in [-0.1, -0.05) is 12.0 Å². The molecular weight excluding hydrogens is 270 g/mol. The second-order valence-corrected chi connectivity index (χ2v) is 5.39. The number of alkyl carbamates (subject to hydrolysis) is 1. The van der Waals surface area contributed by atoms with Gasteiger partial charge in [0.1, 0.15) is 18.0 Å². The average molecular weight is 291 g/mol. The summed E-state index contributed by atoms with van der Waals surface area (Å²) in [5.74, 6) is 3.05. The van der Waals surface area contributed by atoms with Crippen molar-refractivity contribution < 1.29 is 19.4 Å². The van der Waals surface area contributed by atoms with Gasteiger partial charge in [0.15, 0.2) is 0 Å². The molecule has 0 fully saturated rings. The van der Waals surface area contributed by atoms with Crippen LogP contribution in [0.2, 0.25) is 0 Å². The summed E-state index contributed by atoms with van der Waals surface area (Å²) in [5, 5.41) is 11.5. The first-order chi connectivity index (χ1) is 9.85. The van der Waals surface area contributed by atoms with E-state index < -0.39 is 11.7 Å². The molecule has 21 heavy (non-hydrogen) atoms. The Balaban J connectivity index is 2.73. The average Bonchev–Trinajstić information content (AvgIpc) is 2.41. The summed E-state index contributed by atoms with van der Waals surface area (Å²) in [6.45, 7) is 5.70. The first-order valence-corrected chi connectivity index (χ1v) is 6.66. The third kappa shape index (κ3) is 6.19. The first-order valence-electron chi connectivity index (χ1n) is 6.66. The van der Waals surface area contributed by atoms with E-state index in [4.69, 9.17) is 21.0 Å². The molecule has 114 valence electrons. The lowest BCUT2D eigenvalue weighted by Gasteiger charge is -2.20. The molecule has 5 nitrogen and oxygen atoms in total. The van der Waals surface area contributed by atoms with Crippen molar-refractivity contribution in [3.63, 3.8) is 0 Å². The number of aliphatic hydroxyl groups excluding tert-OH is 1. The molecule has 0 saturated carbocycles. The van der Waals surface area contributed by atoms with Gasteiger partial charge in [-0.25, -0.2) is 4.79 Å². The lowest BCUT2D eigenvalue weighted by atomic mass is 10.1. The van der Waals surface area contributed by atoms with E-state index >= 15 is 0 Å². The summed E-state index contributed by atoms with van der Waals surface area (Å²) in [6.07, 6.45) is 4.84. The highest BCUT2D eigenvalue weighted by atomic mass is 16.6. The van der Waals surface area contributed by atoms with E-state index in [1.54, 1.807) is 39.0 Å². The van der Waals surface area contributed by atoms with Gasteiger partial charge in [0.2, 0.25) is 0 Å². The maximum absolute atomic E-state index is 11.6. The van der Waals surface area contributed by atoms with Crippen LogP contribution in [0.1, 0.15) is 31.9 Å². The van der Waals surface area contributed by atoms with Crippen LogP contribution in [0, 0.1) is 12.3 Å². The summed E-state index contributed by atoms with van der Waals surface area (Å²) >= 11 is 0. The minimum Gasteiger partial charge on any atom is -0.491 e. The monoisotopic (exact) mass is 291 g/mol. The Morgan fingerprint density at radius 1 is 1.43 bits per heavy atom. The van der Waals surface area contributed by atoms with Gasteiger partial charge >= 0.3 is 6.09 Å². The van der Waals surface area contributed by atoms with Crippen molar-refractivity contribution in [2.75, 3.05) is 13.2 Å². The summed E-state index contributed by atoms with van der Waals surface area (Å²) in [6, 6.07) is 5.24. The summed E-state index contributed by atoms with van der Waals surface area (Å²) in [4.78, 5) is 11.6. The number of rotatable bonds is 5. The fourth-order valence-electron chi connectivity index (χ4n) is 1.56. The molecule has 1 rings (SSSR count). The maximum atomic E-state index is 11.6. The Kier molecular flexibility index (Phi) is 6.07. The summed E-state index contributed by atoms with van der Waals surface area (Å²) in [7, 11) is 0. The lowest BCUT2D eigenvalue weighted by Crippen LogP contribution is -2.32. The summed E-state index contributed by atoms with van der Waals surface area (Å²) in [5.41, 5.74) is 0.880. The van der Waals surface area contributed by atoms with Crippen LogP contribution in [0.15, 0.2) is 18.2 Å². The van der Waals surface area contributed by atoms with Gasteiger partial charge in [-0.15, -0.1) is 6.42 Å². The molecule has 1 amide bonds. The smallest absolute Gasteiger partial charge is 0.407 e. The molecule has 0 heterocycles. The molecule has 1 aromatic carbocycles. The number of carbonyl (C=O) groups is 1. The largest absolute Gasteiger partial charge is 0.491 e. The molecule has 0 saturated heterocycles. The van der Waals surface area contributed by atoms with Crippen molar-refractivity contribution in [1.82, 2.24) is 5.32 Å². The maximum Gasteiger partial charge on any atom is 0.407 e. The predicted octanol–water partition coefficient (Wildman–Crippen LogP) is 2.06. The number of ether oxygens (including phenoxy) is 2. The van der Waals surface area contributed by atoms with Crippen molar-refractivity contribution >= 4 is 6.09 Å². The molecule has 0 spiro atoms. The number of benzene rings is 1. The zero-order chi connectivity index (χ0) is 15.9. The van der Waals surface area contributed by atoms with Crippen LogP contribution in [0.5, 0.6) is 5.75 Å².